The van der Waals surface area contributed by atoms with Crippen LogP contribution in [0.25, 0.3) is 6.08 Å². The summed E-state index contributed by atoms with van der Waals surface area (Å²) < 4.78 is 13.3. The summed E-state index contributed by atoms with van der Waals surface area (Å²) in [7, 11) is 0. The highest BCUT2D eigenvalue weighted by Crippen LogP contribution is 2.22. The molecule has 5 heteroatoms. The van der Waals surface area contributed by atoms with Gasteiger partial charge in [0.2, 0.25) is 0 Å². The number of nitriles is 1. The van der Waals surface area contributed by atoms with Crippen LogP contribution in [0.4, 0.5) is 4.39 Å². The van der Waals surface area contributed by atoms with Crippen molar-refractivity contribution < 1.29 is 9.18 Å². The third kappa shape index (κ3) is 3.94. The van der Waals surface area contributed by atoms with Crippen LogP contribution in [0.5, 0.6) is 0 Å². The van der Waals surface area contributed by atoms with Gasteiger partial charge in [0, 0.05) is 5.02 Å². The molecule has 0 aliphatic heterocycles. The Morgan fingerprint density at radius 1 is 1.32 bits per heavy atom. The molecule has 0 heterocycles. The van der Waals surface area contributed by atoms with Gasteiger partial charge in [-0.1, -0.05) is 29.8 Å². The Kier molecular flexibility index (Phi) is 4.92. The highest BCUT2D eigenvalue weighted by Gasteiger charge is 2.08. The van der Waals surface area contributed by atoms with E-state index in [-0.39, 0.29) is 11.4 Å². The van der Waals surface area contributed by atoms with Gasteiger partial charge in [0.1, 0.15) is 17.5 Å². The van der Waals surface area contributed by atoms with Gasteiger partial charge in [0.05, 0.1) is 0 Å². The number of nitrogens with two attached hydrogens (primary N) is 1. The smallest absolute Gasteiger partial charge is 0.259 e. The Balaban J connectivity index is 2.44. The lowest BCUT2D eigenvalue weighted by Crippen LogP contribution is -2.12. The zero-order valence-electron chi connectivity index (χ0n) is 11.5. The first kappa shape index (κ1) is 15.7. The third-order valence-corrected chi connectivity index (χ3v) is 3.31. The van der Waals surface area contributed by atoms with E-state index in [1.807, 2.05) is 0 Å². The summed E-state index contributed by atoms with van der Waals surface area (Å²) in [5.41, 5.74) is 7.17. The van der Waals surface area contributed by atoms with Crippen molar-refractivity contribution in [3.05, 3.63) is 75.6 Å². The van der Waals surface area contributed by atoms with Crippen LogP contribution in [0.2, 0.25) is 5.02 Å². The molecule has 0 saturated heterocycles. The van der Waals surface area contributed by atoms with Crippen LogP contribution in [-0.2, 0) is 11.2 Å². The second-order valence-corrected chi connectivity index (χ2v) is 5.12. The lowest BCUT2D eigenvalue weighted by atomic mass is 9.98. The van der Waals surface area contributed by atoms with E-state index in [4.69, 9.17) is 22.6 Å². The van der Waals surface area contributed by atoms with E-state index >= 15 is 0 Å². The Morgan fingerprint density at radius 2 is 2.09 bits per heavy atom. The minimum absolute atomic E-state index is 0.164. The number of carbonyl (C=O) groups is 1. The summed E-state index contributed by atoms with van der Waals surface area (Å²) in [5.74, 6) is -1.13. The number of rotatable bonds is 4. The number of carbonyl (C=O) groups excluding carboxylic acids is 1. The molecule has 1 amide bonds. The van der Waals surface area contributed by atoms with Crippen molar-refractivity contribution in [3.8, 4) is 6.07 Å². The fourth-order valence-electron chi connectivity index (χ4n) is 2.04. The highest BCUT2D eigenvalue weighted by atomic mass is 35.5. The zero-order chi connectivity index (χ0) is 16.1. The van der Waals surface area contributed by atoms with Gasteiger partial charge in [-0.25, -0.2) is 4.39 Å². The van der Waals surface area contributed by atoms with E-state index in [2.05, 4.69) is 0 Å². The Labute approximate surface area is 132 Å². The molecule has 0 fully saturated rings. The molecule has 2 aromatic rings. The van der Waals surface area contributed by atoms with E-state index in [1.54, 1.807) is 36.4 Å². The fraction of sp³-hybridized carbons (Fsp3) is 0.0588. The van der Waals surface area contributed by atoms with E-state index in [0.29, 0.717) is 17.0 Å². The molecule has 0 saturated carbocycles. The molecule has 0 aromatic heterocycles. The lowest BCUT2D eigenvalue weighted by molar-refractivity contribution is -0.114. The van der Waals surface area contributed by atoms with Crippen molar-refractivity contribution in [2.24, 2.45) is 5.73 Å². The van der Waals surface area contributed by atoms with Gasteiger partial charge < -0.3 is 5.73 Å². The van der Waals surface area contributed by atoms with Crippen LogP contribution < -0.4 is 5.73 Å². The van der Waals surface area contributed by atoms with E-state index in [1.165, 1.54) is 18.2 Å². The SMILES string of the molecule is N#C/C(=C\c1cc(Cl)ccc1Cc1cccc(F)c1)C(N)=O. The summed E-state index contributed by atoms with van der Waals surface area (Å²) in [6.45, 7) is 0. The summed E-state index contributed by atoms with van der Waals surface area (Å²) in [6.07, 6.45) is 1.83. The Bertz CT molecular complexity index is 793. The molecule has 0 aliphatic rings. The monoisotopic (exact) mass is 314 g/mol. The normalized spacial score (nSPS) is 11.0. The van der Waals surface area contributed by atoms with Gasteiger partial charge in [-0.3, -0.25) is 4.79 Å². The van der Waals surface area contributed by atoms with Crippen molar-refractivity contribution >= 4 is 23.6 Å². The summed E-state index contributed by atoms with van der Waals surface area (Å²) in [6, 6.07) is 13.1. The zero-order valence-corrected chi connectivity index (χ0v) is 12.3. The number of halogens is 2. The molecule has 0 spiro atoms. The quantitative estimate of drug-likeness (QED) is 0.693. The molecule has 0 atom stereocenters. The second-order valence-electron chi connectivity index (χ2n) is 4.68. The predicted molar refractivity (Wildman–Crippen MR) is 83.4 cm³/mol. The molecule has 0 radical (unpaired) electrons. The number of amides is 1. The maximum atomic E-state index is 13.3. The van der Waals surface area contributed by atoms with Gasteiger partial charge >= 0.3 is 0 Å². The van der Waals surface area contributed by atoms with E-state index in [0.717, 1.165) is 11.1 Å². The molecule has 2 rings (SSSR count). The van der Waals surface area contributed by atoms with Gasteiger partial charge in [0.15, 0.2) is 0 Å². The molecule has 0 bridgehead atoms. The number of hydrogen-bond donors (Lipinski definition) is 1. The molecular formula is C17H12ClFN2O. The molecule has 0 unspecified atom stereocenters. The largest absolute Gasteiger partial charge is 0.365 e. The van der Waals surface area contributed by atoms with Crippen LogP contribution in [0.15, 0.2) is 48.0 Å². The van der Waals surface area contributed by atoms with Gasteiger partial charge in [-0.15, -0.1) is 0 Å². The molecular weight excluding hydrogens is 303 g/mol. The molecule has 2 aromatic carbocycles. The predicted octanol–water partition coefficient (Wildman–Crippen LogP) is 3.46. The van der Waals surface area contributed by atoms with E-state index in [9.17, 15) is 9.18 Å². The standard InChI is InChI=1S/C17H12ClFN2O/c18-15-5-4-12(6-11-2-1-3-16(19)7-11)13(9-15)8-14(10-20)17(21)22/h1-5,7-9H,6H2,(H2,21,22)/b14-8+. The number of primary amides is 1. The van der Waals surface area contributed by atoms with Gasteiger partial charge in [0.25, 0.3) is 5.91 Å². The van der Waals surface area contributed by atoms with Crippen LogP contribution in [-0.4, -0.2) is 5.91 Å². The minimum atomic E-state index is -0.806. The van der Waals surface area contributed by atoms with Crippen molar-refractivity contribution in [1.82, 2.24) is 0 Å². The molecule has 3 nitrogen and oxygen atoms in total. The fourth-order valence-corrected chi connectivity index (χ4v) is 2.22. The maximum absolute atomic E-state index is 13.3. The molecule has 2 N–H and O–H groups in total. The summed E-state index contributed by atoms with van der Waals surface area (Å²) in [5, 5.41) is 9.41. The molecule has 110 valence electrons. The number of nitrogens with zero attached hydrogens (tertiary/aromatic N) is 1. The Morgan fingerprint density at radius 3 is 2.73 bits per heavy atom. The van der Waals surface area contributed by atoms with Crippen molar-refractivity contribution in [2.45, 2.75) is 6.42 Å². The summed E-state index contributed by atoms with van der Waals surface area (Å²) in [4.78, 5) is 11.2. The highest BCUT2D eigenvalue weighted by molar-refractivity contribution is 6.30. The van der Waals surface area contributed by atoms with E-state index < -0.39 is 5.91 Å². The lowest BCUT2D eigenvalue weighted by Gasteiger charge is -2.08. The van der Waals surface area contributed by atoms with Crippen LogP contribution in [0, 0.1) is 17.1 Å². The second kappa shape index (κ2) is 6.88. The Hall–Kier alpha value is -2.64. The average molecular weight is 315 g/mol. The van der Waals surface area contributed by atoms with Gasteiger partial charge in [-0.2, -0.15) is 5.26 Å². The summed E-state index contributed by atoms with van der Waals surface area (Å²) >= 11 is 5.96. The van der Waals surface area contributed by atoms with Gasteiger partial charge in [-0.05, 0) is 53.5 Å². The third-order valence-electron chi connectivity index (χ3n) is 3.08. The minimum Gasteiger partial charge on any atom is -0.365 e. The first-order valence-electron chi connectivity index (χ1n) is 6.44. The first-order valence-corrected chi connectivity index (χ1v) is 6.82. The maximum Gasteiger partial charge on any atom is 0.259 e. The van der Waals surface area contributed by atoms with Crippen LogP contribution >= 0.6 is 11.6 Å². The molecule has 0 aliphatic carbocycles. The van der Waals surface area contributed by atoms with Crippen molar-refractivity contribution in [3.63, 3.8) is 0 Å². The van der Waals surface area contributed by atoms with Crippen molar-refractivity contribution in [1.29, 1.82) is 5.26 Å². The first-order chi connectivity index (χ1) is 10.5. The van der Waals surface area contributed by atoms with Crippen molar-refractivity contribution in [2.75, 3.05) is 0 Å². The average Bonchev–Trinajstić information content (AvgIpc) is 2.47. The topological polar surface area (TPSA) is 66.9 Å². The van der Waals surface area contributed by atoms with Crippen LogP contribution in [0.1, 0.15) is 16.7 Å². The number of hydrogen-bond acceptors (Lipinski definition) is 2. The number of benzene rings is 2. The molecule has 22 heavy (non-hydrogen) atoms. The van der Waals surface area contributed by atoms with Crippen LogP contribution in [0.3, 0.4) is 0 Å².